The summed E-state index contributed by atoms with van der Waals surface area (Å²) in [5.41, 5.74) is 7.22. The molecule has 1 aliphatic rings. The first-order valence-corrected chi connectivity index (χ1v) is 10.9. The molecule has 0 aromatic heterocycles. The van der Waals surface area contributed by atoms with Gasteiger partial charge in [0.1, 0.15) is 0 Å². The molecule has 4 rings (SSSR count). The van der Waals surface area contributed by atoms with E-state index >= 15 is 0 Å². The molecule has 160 valence electrons. The number of carbonyl (C=O) groups excluding carboxylic acids is 1. The maximum Gasteiger partial charge on any atom is 0.224 e. The third kappa shape index (κ3) is 4.97. The molecule has 2 atom stereocenters. The molecule has 0 unspecified atom stereocenters. The first-order valence-electron chi connectivity index (χ1n) is 10.9. The van der Waals surface area contributed by atoms with Crippen LogP contribution in [0.5, 0.6) is 0 Å². The number of rotatable bonds is 6. The molecular weight excluding hydrogens is 382 g/mol. The average molecular weight is 414 g/mol. The average Bonchev–Trinajstić information content (AvgIpc) is 3.22. The van der Waals surface area contributed by atoms with Crippen molar-refractivity contribution in [2.24, 2.45) is 0 Å². The summed E-state index contributed by atoms with van der Waals surface area (Å²) in [5.74, 6) is 0.360. The highest BCUT2D eigenvalue weighted by Crippen LogP contribution is 2.28. The van der Waals surface area contributed by atoms with Crippen LogP contribution in [0.3, 0.4) is 0 Å². The summed E-state index contributed by atoms with van der Waals surface area (Å²) in [6.07, 6.45) is 0.406. The number of nitrogens with one attached hydrogen (secondary N) is 2. The van der Waals surface area contributed by atoms with Crippen LogP contribution in [0.25, 0.3) is 11.1 Å². The van der Waals surface area contributed by atoms with Crippen LogP contribution in [0.1, 0.15) is 22.6 Å². The van der Waals surface area contributed by atoms with E-state index < -0.39 is 0 Å². The highest BCUT2D eigenvalue weighted by molar-refractivity contribution is 5.79. The largest absolute Gasteiger partial charge is 0.378 e. The maximum atomic E-state index is 12.7. The van der Waals surface area contributed by atoms with E-state index in [1.165, 1.54) is 22.3 Å². The number of hydrogen-bond acceptors (Lipinski definition) is 3. The smallest absolute Gasteiger partial charge is 0.224 e. The van der Waals surface area contributed by atoms with E-state index in [4.69, 9.17) is 0 Å². The molecule has 2 N–H and O–H groups in total. The summed E-state index contributed by atoms with van der Waals surface area (Å²) in [6, 6.07) is 25.5. The molecule has 0 spiro atoms. The summed E-state index contributed by atoms with van der Waals surface area (Å²) in [7, 11) is 4.03. The van der Waals surface area contributed by atoms with E-state index in [-0.39, 0.29) is 17.9 Å². The van der Waals surface area contributed by atoms with Gasteiger partial charge in [-0.25, -0.2) is 0 Å². The molecule has 3 aromatic rings. The Labute approximate surface area is 185 Å². The number of nitrogens with zero attached hydrogens (tertiary/aromatic N) is 1. The van der Waals surface area contributed by atoms with Crippen molar-refractivity contribution in [3.8, 4) is 11.1 Å². The normalized spacial score (nSPS) is 18.0. The van der Waals surface area contributed by atoms with Crippen molar-refractivity contribution >= 4 is 11.6 Å². The number of benzene rings is 3. The fraction of sp³-hybridized carbons (Fsp3) is 0.296. The standard InChI is InChI=1S/C27H31N3O/c1-19-6-4-5-7-24(19)21-10-12-22(13-11-21)25-17-28-18-26(25)29-27(31)16-20-8-14-23(15-9-20)30(2)3/h4-15,25-26,28H,16-18H2,1-3H3,(H,29,31)/t25-,26+/m0/s1. The van der Waals surface area contributed by atoms with Crippen molar-refractivity contribution in [2.75, 3.05) is 32.1 Å². The fourth-order valence-electron chi connectivity index (χ4n) is 4.34. The van der Waals surface area contributed by atoms with Crippen LogP contribution >= 0.6 is 0 Å². The van der Waals surface area contributed by atoms with Crippen LogP contribution in [0.2, 0.25) is 0 Å². The van der Waals surface area contributed by atoms with Crippen LogP contribution in [0.4, 0.5) is 5.69 Å². The third-order valence-electron chi connectivity index (χ3n) is 6.17. The van der Waals surface area contributed by atoms with Crippen molar-refractivity contribution in [1.82, 2.24) is 10.6 Å². The second-order valence-electron chi connectivity index (χ2n) is 8.61. The molecule has 0 radical (unpaired) electrons. The lowest BCUT2D eigenvalue weighted by Gasteiger charge is -2.21. The van der Waals surface area contributed by atoms with Gasteiger partial charge in [-0.15, -0.1) is 0 Å². The lowest BCUT2D eigenvalue weighted by molar-refractivity contribution is -0.121. The highest BCUT2D eigenvalue weighted by atomic mass is 16.1. The topological polar surface area (TPSA) is 44.4 Å². The Morgan fingerprint density at radius 3 is 2.35 bits per heavy atom. The zero-order valence-corrected chi connectivity index (χ0v) is 18.6. The Morgan fingerprint density at radius 2 is 1.68 bits per heavy atom. The molecule has 4 nitrogen and oxygen atoms in total. The molecule has 1 saturated heterocycles. The zero-order valence-electron chi connectivity index (χ0n) is 18.6. The van der Waals surface area contributed by atoms with Crippen LogP contribution < -0.4 is 15.5 Å². The van der Waals surface area contributed by atoms with Gasteiger partial charge in [-0.05, 0) is 46.9 Å². The van der Waals surface area contributed by atoms with Gasteiger partial charge in [0.05, 0.1) is 6.42 Å². The van der Waals surface area contributed by atoms with E-state index in [0.29, 0.717) is 6.42 Å². The zero-order chi connectivity index (χ0) is 21.8. The second kappa shape index (κ2) is 9.36. The predicted octanol–water partition coefficient (Wildman–Crippen LogP) is 4.14. The Balaban J connectivity index is 1.40. The summed E-state index contributed by atoms with van der Waals surface area (Å²) in [5, 5.41) is 6.70. The van der Waals surface area contributed by atoms with Crippen molar-refractivity contribution < 1.29 is 4.79 Å². The minimum absolute atomic E-state index is 0.0767. The number of hydrogen-bond donors (Lipinski definition) is 2. The van der Waals surface area contributed by atoms with E-state index in [1.54, 1.807) is 0 Å². The molecule has 0 saturated carbocycles. The lowest BCUT2D eigenvalue weighted by atomic mass is 9.91. The lowest BCUT2D eigenvalue weighted by Crippen LogP contribution is -2.40. The molecule has 31 heavy (non-hydrogen) atoms. The van der Waals surface area contributed by atoms with E-state index in [1.807, 2.05) is 26.2 Å². The summed E-state index contributed by atoms with van der Waals surface area (Å²) in [6.45, 7) is 3.82. The van der Waals surface area contributed by atoms with E-state index in [2.05, 4.69) is 83.1 Å². The van der Waals surface area contributed by atoms with Crippen LogP contribution in [-0.2, 0) is 11.2 Å². The van der Waals surface area contributed by atoms with Gasteiger partial charge in [-0.3, -0.25) is 4.79 Å². The molecule has 1 fully saturated rings. The Hall–Kier alpha value is -3.11. The fourth-order valence-corrected chi connectivity index (χ4v) is 4.34. The van der Waals surface area contributed by atoms with Gasteiger partial charge >= 0.3 is 0 Å². The van der Waals surface area contributed by atoms with E-state index in [0.717, 1.165) is 24.3 Å². The summed E-state index contributed by atoms with van der Waals surface area (Å²) < 4.78 is 0. The number of aryl methyl sites for hydroxylation is 1. The van der Waals surface area contributed by atoms with Crippen molar-refractivity contribution in [3.63, 3.8) is 0 Å². The molecule has 3 aromatic carbocycles. The molecule has 1 heterocycles. The summed E-state index contributed by atoms with van der Waals surface area (Å²) >= 11 is 0. The predicted molar refractivity (Wildman–Crippen MR) is 129 cm³/mol. The molecule has 0 bridgehead atoms. The Kier molecular flexibility index (Phi) is 6.38. The van der Waals surface area contributed by atoms with Crippen LogP contribution in [0, 0.1) is 6.92 Å². The Morgan fingerprint density at radius 1 is 0.968 bits per heavy atom. The van der Waals surface area contributed by atoms with E-state index in [9.17, 15) is 4.79 Å². The number of anilines is 1. The number of amides is 1. The Bertz CT molecular complexity index is 1030. The van der Waals surface area contributed by atoms with Gasteiger partial charge < -0.3 is 15.5 Å². The molecule has 0 aliphatic carbocycles. The van der Waals surface area contributed by atoms with Gasteiger partial charge in [-0.2, -0.15) is 0 Å². The van der Waals surface area contributed by atoms with Gasteiger partial charge in [0.15, 0.2) is 0 Å². The quantitative estimate of drug-likeness (QED) is 0.638. The third-order valence-corrected chi connectivity index (χ3v) is 6.17. The van der Waals surface area contributed by atoms with Gasteiger partial charge in [0.25, 0.3) is 0 Å². The highest BCUT2D eigenvalue weighted by Gasteiger charge is 2.29. The van der Waals surface area contributed by atoms with Gasteiger partial charge in [0.2, 0.25) is 5.91 Å². The minimum atomic E-state index is 0.0767. The SMILES string of the molecule is Cc1ccccc1-c1ccc([C@@H]2CNC[C@H]2NC(=O)Cc2ccc(N(C)C)cc2)cc1. The molecule has 4 heteroatoms. The summed E-state index contributed by atoms with van der Waals surface area (Å²) in [4.78, 5) is 14.7. The minimum Gasteiger partial charge on any atom is -0.378 e. The molecular formula is C27H31N3O. The van der Waals surface area contributed by atoms with Gasteiger partial charge in [-0.1, -0.05) is 60.7 Å². The second-order valence-corrected chi connectivity index (χ2v) is 8.61. The number of carbonyl (C=O) groups is 1. The van der Waals surface area contributed by atoms with Crippen LogP contribution in [0.15, 0.2) is 72.8 Å². The monoisotopic (exact) mass is 413 g/mol. The molecule has 1 amide bonds. The van der Waals surface area contributed by atoms with Gasteiger partial charge in [0, 0.05) is 44.8 Å². The van der Waals surface area contributed by atoms with Crippen LogP contribution in [-0.4, -0.2) is 39.1 Å². The first kappa shape index (κ1) is 21.1. The van der Waals surface area contributed by atoms with Crippen molar-refractivity contribution in [1.29, 1.82) is 0 Å². The first-order chi connectivity index (χ1) is 15.0. The van der Waals surface area contributed by atoms with Crippen molar-refractivity contribution in [3.05, 3.63) is 89.5 Å². The van der Waals surface area contributed by atoms with Crippen molar-refractivity contribution in [2.45, 2.75) is 25.3 Å². The maximum absolute atomic E-state index is 12.7. The molecule has 1 aliphatic heterocycles.